The number of hydrogen-bond acceptors (Lipinski definition) is 4. The fourth-order valence-corrected chi connectivity index (χ4v) is 2.83. The van der Waals surface area contributed by atoms with Crippen LogP contribution in [0.25, 0.3) is 0 Å². The molecule has 2 aromatic rings. The quantitative estimate of drug-likeness (QED) is 0.823. The molecule has 0 fully saturated rings. The summed E-state index contributed by atoms with van der Waals surface area (Å²) >= 11 is 1.53. The molecule has 4 nitrogen and oxygen atoms in total. The van der Waals surface area contributed by atoms with E-state index in [1.165, 1.54) is 11.3 Å². The van der Waals surface area contributed by atoms with E-state index in [1.54, 1.807) is 7.05 Å². The molecule has 1 heterocycles. The Balaban J connectivity index is 2.03. The van der Waals surface area contributed by atoms with Gasteiger partial charge in [-0.15, -0.1) is 11.3 Å². The van der Waals surface area contributed by atoms with Gasteiger partial charge in [0, 0.05) is 25.0 Å². The van der Waals surface area contributed by atoms with Gasteiger partial charge in [0.15, 0.2) is 0 Å². The SMILES string of the molecule is CNC(=O)CN(Cc1ccccc1)C[C@H](O)c1cccs1. The largest absolute Gasteiger partial charge is 0.386 e. The molecular formula is C16H20N2O2S. The monoisotopic (exact) mass is 304 g/mol. The van der Waals surface area contributed by atoms with Gasteiger partial charge in [0.05, 0.1) is 6.54 Å². The third kappa shape index (κ3) is 4.97. The average molecular weight is 304 g/mol. The Hall–Kier alpha value is -1.69. The molecule has 1 atom stereocenters. The van der Waals surface area contributed by atoms with Crippen molar-refractivity contribution in [3.8, 4) is 0 Å². The number of aliphatic hydroxyl groups excluding tert-OH is 1. The third-order valence-corrected chi connectivity index (χ3v) is 4.17. The molecule has 5 heteroatoms. The first-order valence-electron chi connectivity index (χ1n) is 6.87. The van der Waals surface area contributed by atoms with E-state index in [0.717, 1.165) is 10.4 Å². The number of rotatable bonds is 7. The third-order valence-electron chi connectivity index (χ3n) is 3.20. The number of carbonyl (C=O) groups excluding carboxylic acids is 1. The number of aliphatic hydroxyl groups is 1. The van der Waals surface area contributed by atoms with Gasteiger partial charge in [-0.05, 0) is 17.0 Å². The van der Waals surface area contributed by atoms with Crippen LogP contribution in [0.4, 0.5) is 0 Å². The summed E-state index contributed by atoms with van der Waals surface area (Å²) in [7, 11) is 1.62. The van der Waals surface area contributed by atoms with Crippen LogP contribution in [-0.4, -0.2) is 36.1 Å². The van der Waals surface area contributed by atoms with Gasteiger partial charge >= 0.3 is 0 Å². The first-order valence-corrected chi connectivity index (χ1v) is 7.75. The molecule has 0 aliphatic rings. The predicted octanol–water partition coefficient (Wildman–Crippen LogP) is 2.03. The lowest BCUT2D eigenvalue weighted by Gasteiger charge is -2.24. The van der Waals surface area contributed by atoms with Crippen LogP contribution in [0.1, 0.15) is 16.5 Å². The number of thiophene rings is 1. The normalized spacial score (nSPS) is 12.3. The molecule has 112 valence electrons. The molecule has 1 aromatic heterocycles. The number of hydrogen-bond donors (Lipinski definition) is 2. The van der Waals surface area contributed by atoms with Crippen molar-refractivity contribution in [3.63, 3.8) is 0 Å². The number of amides is 1. The van der Waals surface area contributed by atoms with Gasteiger partial charge in [0.2, 0.25) is 5.91 Å². The summed E-state index contributed by atoms with van der Waals surface area (Å²) in [5, 5.41) is 14.9. The highest BCUT2D eigenvalue weighted by molar-refractivity contribution is 7.10. The lowest BCUT2D eigenvalue weighted by Crippen LogP contribution is -2.37. The van der Waals surface area contributed by atoms with Crippen molar-refractivity contribution in [2.45, 2.75) is 12.6 Å². The fourth-order valence-electron chi connectivity index (χ4n) is 2.12. The zero-order valence-electron chi connectivity index (χ0n) is 12.0. The number of likely N-dealkylation sites (N-methyl/N-ethyl adjacent to an activating group) is 1. The molecule has 1 aromatic carbocycles. The molecule has 0 unspecified atom stereocenters. The van der Waals surface area contributed by atoms with E-state index in [9.17, 15) is 9.90 Å². The highest BCUT2D eigenvalue weighted by Crippen LogP contribution is 2.20. The highest BCUT2D eigenvalue weighted by atomic mass is 32.1. The zero-order chi connectivity index (χ0) is 15.1. The first kappa shape index (κ1) is 15.7. The van der Waals surface area contributed by atoms with Crippen LogP contribution < -0.4 is 5.32 Å². The summed E-state index contributed by atoms with van der Waals surface area (Å²) < 4.78 is 0. The molecule has 1 amide bonds. The minimum absolute atomic E-state index is 0.0516. The molecule has 2 N–H and O–H groups in total. The van der Waals surface area contributed by atoms with Crippen LogP contribution in [0.2, 0.25) is 0 Å². The van der Waals surface area contributed by atoms with Crippen molar-refractivity contribution in [3.05, 3.63) is 58.3 Å². The van der Waals surface area contributed by atoms with E-state index >= 15 is 0 Å². The van der Waals surface area contributed by atoms with Gasteiger partial charge in [-0.1, -0.05) is 36.4 Å². The smallest absolute Gasteiger partial charge is 0.233 e. The van der Waals surface area contributed by atoms with E-state index < -0.39 is 6.10 Å². The maximum Gasteiger partial charge on any atom is 0.233 e. The number of nitrogens with zero attached hydrogens (tertiary/aromatic N) is 1. The topological polar surface area (TPSA) is 52.6 Å². The lowest BCUT2D eigenvalue weighted by molar-refractivity contribution is -0.122. The molecule has 0 bridgehead atoms. The number of benzene rings is 1. The Morgan fingerprint density at radius 1 is 1.29 bits per heavy atom. The molecule has 0 radical (unpaired) electrons. The molecule has 0 spiro atoms. The van der Waals surface area contributed by atoms with Gasteiger partial charge in [0.1, 0.15) is 6.10 Å². The Morgan fingerprint density at radius 2 is 2.05 bits per heavy atom. The van der Waals surface area contributed by atoms with Crippen LogP contribution >= 0.6 is 11.3 Å². The van der Waals surface area contributed by atoms with Gasteiger partial charge in [-0.25, -0.2) is 0 Å². The van der Waals surface area contributed by atoms with Crippen molar-refractivity contribution >= 4 is 17.2 Å². The van der Waals surface area contributed by atoms with Crippen molar-refractivity contribution < 1.29 is 9.90 Å². The van der Waals surface area contributed by atoms with E-state index in [2.05, 4.69) is 5.32 Å². The van der Waals surface area contributed by atoms with Crippen LogP contribution in [0.5, 0.6) is 0 Å². The second-order valence-electron chi connectivity index (χ2n) is 4.86. The molecule has 0 aliphatic carbocycles. The van der Waals surface area contributed by atoms with Gasteiger partial charge < -0.3 is 10.4 Å². The minimum atomic E-state index is -0.571. The van der Waals surface area contributed by atoms with E-state index in [-0.39, 0.29) is 12.5 Å². The summed E-state index contributed by atoms with van der Waals surface area (Å²) in [5.41, 5.74) is 1.12. The van der Waals surface area contributed by atoms with Gasteiger partial charge in [0.25, 0.3) is 0 Å². The summed E-state index contributed by atoms with van der Waals surface area (Å²) in [5.74, 6) is -0.0516. The van der Waals surface area contributed by atoms with Crippen molar-refractivity contribution in [2.24, 2.45) is 0 Å². The Bertz CT molecular complexity index is 543. The van der Waals surface area contributed by atoms with Crippen LogP contribution in [-0.2, 0) is 11.3 Å². The van der Waals surface area contributed by atoms with E-state index in [1.807, 2.05) is 52.7 Å². The van der Waals surface area contributed by atoms with Crippen LogP contribution in [0, 0.1) is 0 Å². The van der Waals surface area contributed by atoms with Crippen LogP contribution in [0.3, 0.4) is 0 Å². The maximum atomic E-state index is 11.6. The Kier molecular flexibility index (Phi) is 5.92. The molecule has 2 rings (SSSR count). The lowest BCUT2D eigenvalue weighted by atomic mass is 10.2. The van der Waals surface area contributed by atoms with Gasteiger partial charge in [-0.2, -0.15) is 0 Å². The number of nitrogens with one attached hydrogen (secondary N) is 1. The minimum Gasteiger partial charge on any atom is -0.386 e. The Morgan fingerprint density at radius 3 is 2.67 bits per heavy atom. The van der Waals surface area contributed by atoms with Crippen LogP contribution in [0.15, 0.2) is 47.8 Å². The second kappa shape index (κ2) is 7.93. The number of carbonyl (C=O) groups is 1. The average Bonchev–Trinajstić information content (AvgIpc) is 3.02. The molecular weight excluding hydrogens is 284 g/mol. The zero-order valence-corrected chi connectivity index (χ0v) is 12.8. The maximum absolute atomic E-state index is 11.6. The van der Waals surface area contributed by atoms with Crippen molar-refractivity contribution in [1.82, 2.24) is 10.2 Å². The molecule has 0 aliphatic heterocycles. The van der Waals surface area contributed by atoms with Gasteiger partial charge in [-0.3, -0.25) is 9.69 Å². The standard InChI is InChI=1S/C16H20N2O2S/c1-17-16(20)12-18(10-13-6-3-2-4-7-13)11-14(19)15-8-5-9-21-15/h2-9,14,19H,10-12H2,1H3,(H,17,20)/t14-/m0/s1. The fraction of sp³-hybridized carbons (Fsp3) is 0.312. The highest BCUT2D eigenvalue weighted by Gasteiger charge is 2.17. The summed E-state index contributed by atoms with van der Waals surface area (Å²) in [6, 6.07) is 13.8. The predicted molar refractivity (Wildman–Crippen MR) is 85.1 cm³/mol. The van der Waals surface area contributed by atoms with E-state index in [0.29, 0.717) is 13.1 Å². The second-order valence-corrected chi connectivity index (χ2v) is 5.84. The summed E-state index contributed by atoms with van der Waals surface area (Å²) in [6.45, 7) is 1.34. The summed E-state index contributed by atoms with van der Waals surface area (Å²) in [6.07, 6.45) is -0.571. The molecule has 0 saturated carbocycles. The summed E-state index contributed by atoms with van der Waals surface area (Å²) in [4.78, 5) is 14.5. The molecule has 0 saturated heterocycles. The van der Waals surface area contributed by atoms with Crippen molar-refractivity contribution in [1.29, 1.82) is 0 Å². The Labute approximate surface area is 129 Å². The first-order chi connectivity index (χ1) is 10.2. The van der Waals surface area contributed by atoms with Crippen molar-refractivity contribution in [2.75, 3.05) is 20.1 Å². The molecule has 21 heavy (non-hydrogen) atoms. The van der Waals surface area contributed by atoms with E-state index in [4.69, 9.17) is 0 Å².